The Morgan fingerprint density at radius 1 is 1.26 bits per heavy atom. The number of nitrogens with zero attached hydrogens (tertiary/aromatic N) is 3. The molecule has 1 amide bonds. The van der Waals surface area contributed by atoms with Crippen molar-refractivity contribution in [3.63, 3.8) is 0 Å². The van der Waals surface area contributed by atoms with Crippen molar-refractivity contribution < 1.29 is 23.1 Å². The van der Waals surface area contributed by atoms with Crippen LogP contribution in [0.2, 0.25) is 0 Å². The molecule has 0 aliphatic carbocycles. The van der Waals surface area contributed by atoms with Gasteiger partial charge in [-0.2, -0.15) is 13.2 Å². The van der Waals surface area contributed by atoms with Crippen molar-refractivity contribution in [1.82, 2.24) is 15.3 Å². The molecule has 1 atom stereocenters. The minimum absolute atomic E-state index is 0.0812. The van der Waals surface area contributed by atoms with Crippen LogP contribution >= 0.6 is 0 Å². The van der Waals surface area contributed by atoms with Gasteiger partial charge in [0.05, 0.1) is 18.2 Å². The molecule has 0 saturated carbocycles. The van der Waals surface area contributed by atoms with Crippen molar-refractivity contribution in [1.29, 1.82) is 0 Å². The van der Waals surface area contributed by atoms with Crippen LogP contribution in [0.1, 0.15) is 55.1 Å². The van der Waals surface area contributed by atoms with Gasteiger partial charge in [-0.05, 0) is 43.4 Å². The predicted molar refractivity (Wildman–Crippen MR) is 110 cm³/mol. The first-order valence-corrected chi connectivity index (χ1v) is 10.3. The van der Waals surface area contributed by atoms with Crippen LogP contribution in [0.3, 0.4) is 0 Å². The third-order valence-electron chi connectivity index (χ3n) is 5.69. The van der Waals surface area contributed by atoms with E-state index < -0.39 is 17.8 Å². The van der Waals surface area contributed by atoms with Gasteiger partial charge in [0, 0.05) is 31.4 Å². The summed E-state index contributed by atoms with van der Waals surface area (Å²) in [5.41, 5.74) is 0.814. The van der Waals surface area contributed by atoms with Gasteiger partial charge >= 0.3 is 6.18 Å². The standard InChI is InChI=1S/C22H27F3N4O2/c1-14-7-9-29(10-8-14)20-17(4-6-19(28-20)22(23,24)25)12-27-21(31)15(2)16-3-5-18(13-30)26-11-16/h3-6,11,14-15,30H,7-10,12-13H2,1-2H3,(H,27,31). The molecule has 1 aliphatic rings. The van der Waals surface area contributed by atoms with Crippen LogP contribution in [0, 0.1) is 5.92 Å². The summed E-state index contributed by atoms with van der Waals surface area (Å²) >= 11 is 0. The zero-order chi connectivity index (χ0) is 22.6. The third-order valence-corrected chi connectivity index (χ3v) is 5.69. The first-order chi connectivity index (χ1) is 14.7. The highest BCUT2D eigenvalue weighted by atomic mass is 19.4. The second-order valence-electron chi connectivity index (χ2n) is 8.03. The maximum Gasteiger partial charge on any atom is 0.433 e. The van der Waals surface area contributed by atoms with Crippen molar-refractivity contribution in [2.24, 2.45) is 5.92 Å². The summed E-state index contributed by atoms with van der Waals surface area (Å²) in [4.78, 5) is 22.5. The molecule has 2 N–H and O–H groups in total. The monoisotopic (exact) mass is 436 g/mol. The number of hydrogen-bond donors (Lipinski definition) is 2. The zero-order valence-electron chi connectivity index (χ0n) is 17.6. The van der Waals surface area contributed by atoms with Gasteiger partial charge in [0.2, 0.25) is 5.91 Å². The molecule has 6 nitrogen and oxygen atoms in total. The van der Waals surface area contributed by atoms with Crippen molar-refractivity contribution in [3.05, 3.63) is 53.0 Å². The van der Waals surface area contributed by atoms with Crippen LogP contribution in [-0.2, 0) is 24.1 Å². The van der Waals surface area contributed by atoms with E-state index in [-0.39, 0.29) is 24.9 Å². The first-order valence-electron chi connectivity index (χ1n) is 10.3. The molecule has 2 aromatic heterocycles. The van der Waals surface area contributed by atoms with E-state index in [0.29, 0.717) is 35.8 Å². The van der Waals surface area contributed by atoms with Crippen LogP contribution in [0.5, 0.6) is 0 Å². The molecule has 1 saturated heterocycles. The van der Waals surface area contributed by atoms with E-state index in [0.717, 1.165) is 18.9 Å². The second kappa shape index (κ2) is 9.64. The van der Waals surface area contributed by atoms with Crippen LogP contribution < -0.4 is 10.2 Å². The molecular weight excluding hydrogens is 409 g/mol. The molecular formula is C22H27F3N4O2. The SMILES string of the molecule is CC1CCN(c2nc(C(F)(F)F)ccc2CNC(=O)C(C)c2ccc(CO)nc2)CC1. The number of aliphatic hydroxyl groups excluding tert-OH is 1. The van der Waals surface area contributed by atoms with Gasteiger partial charge in [-0.25, -0.2) is 4.98 Å². The fourth-order valence-electron chi connectivity index (χ4n) is 3.54. The molecule has 0 aromatic carbocycles. The number of amides is 1. The third kappa shape index (κ3) is 5.72. The van der Waals surface area contributed by atoms with E-state index in [1.807, 2.05) is 4.90 Å². The molecule has 9 heteroatoms. The average molecular weight is 436 g/mol. The lowest BCUT2D eigenvalue weighted by Gasteiger charge is -2.33. The first kappa shape index (κ1) is 23.0. The fraction of sp³-hybridized carbons (Fsp3) is 0.500. The molecule has 0 bridgehead atoms. The van der Waals surface area contributed by atoms with Gasteiger partial charge in [-0.15, -0.1) is 0 Å². The number of aliphatic hydroxyl groups is 1. The van der Waals surface area contributed by atoms with Crippen LogP contribution in [-0.4, -0.2) is 34.1 Å². The number of carbonyl (C=O) groups excluding carboxylic acids is 1. The highest BCUT2D eigenvalue weighted by molar-refractivity contribution is 5.83. The molecule has 1 aliphatic heterocycles. The minimum Gasteiger partial charge on any atom is -0.390 e. The maximum absolute atomic E-state index is 13.2. The highest BCUT2D eigenvalue weighted by Crippen LogP contribution is 2.32. The van der Waals surface area contributed by atoms with Gasteiger partial charge < -0.3 is 15.3 Å². The number of aromatic nitrogens is 2. The number of pyridine rings is 2. The van der Waals surface area contributed by atoms with Crippen LogP contribution in [0.4, 0.5) is 19.0 Å². The Balaban J connectivity index is 1.75. The number of hydrogen-bond acceptors (Lipinski definition) is 5. The molecule has 168 valence electrons. The van der Waals surface area contributed by atoms with E-state index >= 15 is 0 Å². The summed E-state index contributed by atoms with van der Waals surface area (Å²) in [5.74, 6) is 0.0409. The minimum atomic E-state index is -4.53. The number of halogens is 3. The summed E-state index contributed by atoms with van der Waals surface area (Å²) in [6.45, 7) is 5.02. The fourth-order valence-corrected chi connectivity index (χ4v) is 3.54. The van der Waals surface area contributed by atoms with E-state index in [1.165, 1.54) is 12.3 Å². The summed E-state index contributed by atoms with van der Waals surface area (Å²) in [5, 5.41) is 11.9. The summed E-state index contributed by atoms with van der Waals surface area (Å²) < 4.78 is 39.7. The number of carbonyl (C=O) groups is 1. The number of alkyl halides is 3. The Morgan fingerprint density at radius 3 is 2.55 bits per heavy atom. The Hall–Kier alpha value is -2.68. The Labute approximate surface area is 179 Å². The number of nitrogens with one attached hydrogen (secondary N) is 1. The average Bonchev–Trinajstić information content (AvgIpc) is 2.77. The molecule has 1 unspecified atom stereocenters. The predicted octanol–water partition coefficient (Wildman–Crippen LogP) is 3.64. The van der Waals surface area contributed by atoms with Gasteiger partial charge in [0.15, 0.2) is 0 Å². The summed E-state index contributed by atoms with van der Waals surface area (Å²) in [7, 11) is 0. The van der Waals surface area contributed by atoms with Gasteiger partial charge in [-0.1, -0.05) is 19.1 Å². The zero-order valence-corrected chi connectivity index (χ0v) is 17.6. The number of anilines is 1. The summed E-state index contributed by atoms with van der Waals surface area (Å²) in [6.07, 6.45) is -1.22. The topological polar surface area (TPSA) is 78.4 Å². The van der Waals surface area contributed by atoms with Gasteiger partial charge in [0.1, 0.15) is 11.5 Å². The van der Waals surface area contributed by atoms with E-state index in [4.69, 9.17) is 5.11 Å². The molecule has 3 rings (SSSR count). The molecule has 2 aromatic rings. The van der Waals surface area contributed by atoms with Gasteiger partial charge in [-0.3, -0.25) is 9.78 Å². The normalized spacial score (nSPS) is 16.3. The number of rotatable bonds is 6. The Kier molecular flexibility index (Phi) is 7.15. The highest BCUT2D eigenvalue weighted by Gasteiger charge is 2.34. The lowest BCUT2D eigenvalue weighted by molar-refractivity contribution is -0.141. The maximum atomic E-state index is 13.2. The smallest absolute Gasteiger partial charge is 0.390 e. The van der Waals surface area contributed by atoms with Crippen molar-refractivity contribution in [2.75, 3.05) is 18.0 Å². The summed E-state index contributed by atoms with van der Waals surface area (Å²) in [6, 6.07) is 5.72. The van der Waals surface area contributed by atoms with Crippen molar-refractivity contribution in [2.45, 2.75) is 51.9 Å². The van der Waals surface area contributed by atoms with Crippen LogP contribution in [0.15, 0.2) is 30.5 Å². The van der Waals surface area contributed by atoms with Crippen LogP contribution in [0.25, 0.3) is 0 Å². The lowest BCUT2D eigenvalue weighted by atomic mass is 9.99. The quantitative estimate of drug-likeness (QED) is 0.723. The molecule has 31 heavy (non-hydrogen) atoms. The van der Waals surface area contributed by atoms with E-state index in [2.05, 4.69) is 22.2 Å². The molecule has 0 radical (unpaired) electrons. The molecule has 1 fully saturated rings. The molecule has 3 heterocycles. The largest absolute Gasteiger partial charge is 0.433 e. The van der Waals surface area contributed by atoms with E-state index in [9.17, 15) is 18.0 Å². The Bertz CT molecular complexity index is 895. The van der Waals surface area contributed by atoms with E-state index in [1.54, 1.807) is 19.1 Å². The number of piperidine rings is 1. The van der Waals surface area contributed by atoms with Gasteiger partial charge in [0.25, 0.3) is 0 Å². The second-order valence-corrected chi connectivity index (χ2v) is 8.03. The Morgan fingerprint density at radius 2 is 1.97 bits per heavy atom. The van der Waals surface area contributed by atoms with Crippen molar-refractivity contribution in [3.8, 4) is 0 Å². The molecule has 0 spiro atoms. The van der Waals surface area contributed by atoms with Crippen molar-refractivity contribution >= 4 is 11.7 Å². The lowest BCUT2D eigenvalue weighted by Crippen LogP contribution is -2.35.